The lowest BCUT2D eigenvalue weighted by Gasteiger charge is -2.28. The van der Waals surface area contributed by atoms with E-state index < -0.39 is 23.7 Å². The van der Waals surface area contributed by atoms with Crippen molar-refractivity contribution in [1.82, 2.24) is 0 Å². The fraction of sp³-hybridized carbons (Fsp3) is 0.259. The second kappa shape index (κ2) is 10.2. The second-order valence-corrected chi connectivity index (χ2v) is 7.90. The van der Waals surface area contributed by atoms with E-state index >= 15 is 0 Å². The van der Waals surface area contributed by atoms with Gasteiger partial charge in [0.15, 0.2) is 17.9 Å². The summed E-state index contributed by atoms with van der Waals surface area (Å²) in [5.41, 5.74) is 2.37. The highest BCUT2D eigenvalue weighted by molar-refractivity contribution is 5.71. The van der Waals surface area contributed by atoms with Gasteiger partial charge in [0.05, 0.1) is 19.8 Å². The van der Waals surface area contributed by atoms with Crippen LogP contribution in [0.3, 0.4) is 0 Å². The van der Waals surface area contributed by atoms with Gasteiger partial charge in [-0.15, -0.1) is 6.58 Å². The Morgan fingerprint density at radius 2 is 1.58 bits per heavy atom. The van der Waals surface area contributed by atoms with Gasteiger partial charge in [0, 0.05) is 17.0 Å². The highest BCUT2D eigenvalue weighted by Gasteiger charge is 2.24. The smallest absolute Gasteiger partial charge is 0.201 e. The standard InChI is InChI=1S/C27H25F3O3/c1-3-13-31-24-12-11-21(25(29)26(24)30)19-7-5-18(6-8-19)20-9-10-22(23(28)14-20)27-32-15-17(4-2)16-33-27/h4-12,14,17,27H,2-3,13,15-16H2,1H3. The largest absolute Gasteiger partial charge is 0.490 e. The summed E-state index contributed by atoms with van der Waals surface area (Å²) < 4.78 is 60.1. The van der Waals surface area contributed by atoms with Crippen LogP contribution in [-0.2, 0) is 9.47 Å². The molecule has 0 aliphatic carbocycles. The van der Waals surface area contributed by atoms with E-state index in [9.17, 15) is 13.2 Å². The first-order chi connectivity index (χ1) is 16.0. The third-order valence-electron chi connectivity index (χ3n) is 5.55. The molecule has 1 aliphatic rings. The molecule has 3 aromatic carbocycles. The molecule has 0 amide bonds. The Balaban J connectivity index is 1.52. The molecule has 0 radical (unpaired) electrons. The molecule has 1 aliphatic heterocycles. The summed E-state index contributed by atoms with van der Waals surface area (Å²) in [4.78, 5) is 0. The van der Waals surface area contributed by atoms with Crippen LogP contribution in [-0.4, -0.2) is 19.8 Å². The minimum absolute atomic E-state index is 0.0977. The van der Waals surface area contributed by atoms with E-state index in [0.717, 1.165) is 5.56 Å². The van der Waals surface area contributed by atoms with Gasteiger partial charge >= 0.3 is 0 Å². The van der Waals surface area contributed by atoms with Gasteiger partial charge in [-0.25, -0.2) is 8.78 Å². The second-order valence-electron chi connectivity index (χ2n) is 7.90. The van der Waals surface area contributed by atoms with Gasteiger partial charge in [0.2, 0.25) is 5.82 Å². The lowest BCUT2D eigenvalue weighted by Crippen LogP contribution is -2.26. The molecule has 1 saturated heterocycles. The molecule has 0 spiro atoms. The predicted molar refractivity (Wildman–Crippen MR) is 121 cm³/mol. The summed E-state index contributed by atoms with van der Waals surface area (Å²) in [7, 11) is 0. The molecule has 0 N–H and O–H groups in total. The van der Waals surface area contributed by atoms with E-state index in [1.54, 1.807) is 42.5 Å². The zero-order valence-corrected chi connectivity index (χ0v) is 18.3. The Hall–Kier alpha value is -3.09. The van der Waals surface area contributed by atoms with E-state index in [2.05, 4.69) is 6.58 Å². The number of hydrogen-bond acceptors (Lipinski definition) is 3. The normalized spacial score (nSPS) is 18.2. The van der Waals surface area contributed by atoms with Crippen LogP contribution in [0, 0.1) is 23.4 Å². The van der Waals surface area contributed by atoms with Gasteiger partial charge in [-0.2, -0.15) is 4.39 Å². The van der Waals surface area contributed by atoms with Crippen molar-refractivity contribution in [1.29, 1.82) is 0 Å². The molecule has 172 valence electrons. The molecule has 33 heavy (non-hydrogen) atoms. The maximum absolute atomic E-state index is 14.8. The van der Waals surface area contributed by atoms with Crippen LogP contribution in [0.2, 0.25) is 0 Å². The van der Waals surface area contributed by atoms with E-state index in [0.29, 0.717) is 42.9 Å². The molecule has 0 atom stereocenters. The van der Waals surface area contributed by atoms with E-state index in [-0.39, 0.29) is 17.2 Å². The van der Waals surface area contributed by atoms with Crippen molar-refractivity contribution in [2.24, 2.45) is 5.92 Å². The quantitative estimate of drug-likeness (QED) is 0.357. The first-order valence-electron chi connectivity index (χ1n) is 10.9. The fourth-order valence-electron chi connectivity index (χ4n) is 3.65. The van der Waals surface area contributed by atoms with Crippen molar-refractivity contribution in [3.63, 3.8) is 0 Å². The van der Waals surface area contributed by atoms with Crippen LogP contribution >= 0.6 is 0 Å². The van der Waals surface area contributed by atoms with Gasteiger partial charge in [0.25, 0.3) is 0 Å². The van der Waals surface area contributed by atoms with Crippen molar-refractivity contribution < 1.29 is 27.4 Å². The molecule has 0 bridgehead atoms. The molecule has 0 unspecified atom stereocenters. The number of halogens is 3. The third kappa shape index (κ3) is 4.97. The maximum atomic E-state index is 14.8. The van der Waals surface area contributed by atoms with Gasteiger partial charge in [0.1, 0.15) is 5.82 Å². The SMILES string of the molecule is C=CC1COC(c2ccc(-c3ccc(-c4ccc(OCCC)c(F)c4F)cc3)cc2F)OC1. The highest BCUT2D eigenvalue weighted by atomic mass is 19.2. The van der Waals surface area contributed by atoms with E-state index in [4.69, 9.17) is 14.2 Å². The molecule has 0 saturated carbocycles. The van der Waals surface area contributed by atoms with Crippen LogP contribution in [0.25, 0.3) is 22.3 Å². The zero-order valence-electron chi connectivity index (χ0n) is 18.3. The summed E-state index contributed by atoms with van der Waals surface area (Å²) in [5, 5.41) is 0. The van der Waals surface area contributed by atoms with Crippen molar-refractivity contribution in [2.45, 2.75) is 19.6 Å². The first-order valence-corrected chi connectivity index (χ1v) is 10.9. The first kappa shape index (κ1) is 23.1. The Kier molecular flexibility index (Phi) is 7.16. The highest BCUT2D eigenvalue weighted by Crippen LogP contribution is 2.33. The average molecular weight is 454 g/mol. The monoisotopic (exact) mass is 454 g/mol. The van der Waals surface area contributed by atoms with Crippen LogP contribution in [0.1, 0.15) is 25.2 Å². The summed E-state index contributed by atoms with van der Waals surface area (Å²) in [6, 6.07) is 14.6. The summed E-state index contributed by atoms with van der Waals surface area (Å²) in [6.07, 6.45) is 1.70. The van der Waals surface area contributed by atoms with Crippen LogP contribution < -0.4 is 4.74 Å². The third-order valence-corrected chi connectivity index (χ3v) is 5.55. The Bertz CT molecular complexity index is 1120. The molecule has 3 aromatic rings. The van der Waals surface area contributed by atoms with E-state index in [1.807, 2.05) is 6.92 Å². The van der Waals surface area contributed by atoms with Gasteiger partial charge in [-0.05, 0) is 41.3 Å². The number of benzene rings is 3. The molecule has 1 heterocycles. The zero-order chi connectivity index (χ0) is 23.4. The minimum Gasteiger partial charge on any atom is -0.490 e. The molecule has 6 heteroatoms. The Morgan fingerprint density at radius 1 is 0.909 bits per heavy atom. The molecule has 4 rings (SSSR count). The van der Waals surface area contributed by atoms with Crippen LogP contribution in [0.5, 0.6) is 5.75 Å². The molecular weight excluding hydrogens is 429 g/mol. The Morgan fingerprint density at radius 3 is 2.21 bits per heavy atom. The van der Waals surface area contributed by atoms with Crippen LogP contribution in [0.4, 0.5) is 13.2 Å². The fourth-order valence-corrected chi connectivity index (χ4v) is 3.65. The lowest BCUT2D eigenvalue weighted by atomic mass is 9.98. The molecular formula is C27H25F3O3. The number of rotatable bonds is 7. The van der Waals surface area contributed by atoms with Crippen LogP contribution in [0.15, 0.2) is 67.3 Å². The van der Waals surface area contributed by atoms with Crippen molar-refractivity contribution in [3.05, 3.63) is 90.3 Å². The number of ether oxygens (including phenoxy) is 3. The summed E-state index contributed by atoms with van der Waals surface area (Å²) in [6.45, 7) is 6.78. The average Bonchev–Trinajstić information content (AvgIpc) is 2.85. The molecule has 3 nitrogen and oxygen atoms in total. The molecule has 0 aromatic heterocycles. The number of hydrogen-bond donors (Lipinski definition) is 0. The van der Waals surface area contributed by atoms with Gasteiger partial charge < -0.3 is 14.2 Å². The van der Waals surface area contributed by atoms with Crippen molar-refractivity contribution in [2.75, 3.05) is 19.8 Å². The lowest BCUT2D eigenvalue weighted by molar-refractivity contribution is -0.198. The van der Waals surface area contributed by atoms with Crippen molar-refractivity contribution in [3.8, 4) is 28.0 Å². The minimum atomic E-state index is -1.01. The Labute approximate surface area is 191 Å². The summed E-state index contributed by atoms with van der Waals surface area (Å²) in [5.74, 6) is -2.40. The summed E-state index contributed by atoms with van der Waals surface area (Å²) >= 11 is 0. The van der Waals surface area contributed by atoms with Gasteiger partial charge in [-0.3, -0.25) is 0 Å². The predicted octanol–water partition coefficient (Wildman–Crippen LogP) is 7.07. The maximum Gasteiger partial charge on any atom is 0.201 e. The van der Waals surface area contributed by atoms with Crippen molar-refractivity contribution >= 4 is 0 Å². The van der Waals surface area contributed by atoms with E-state index in [1.165, 1.54) is 18.2 Å². The topological polar surface area (TPSA) is 27.7 Å². The molecule has 1 fully saturated rings. The van der Waals surface area contributed by atoms with Gasteiger partial charge in [-0.1, -0.05) is 49.4 Å².